The molecule has 2 aromatic heterocycles. The smallest absolute Gasteiger partial charge is 0.313 e. The molecule has 0 aliphatic carbocycles. The van der Waals surface area contributed by atoms with Gasteiger partial charge in [-0.15, -0.1) is 0 Å². The zero-order valence-corrected chi connectivity index (χ0v) is 13.3. The van der Waals surface area contributed by atoms with Gasteiger partial charge in [0.05, 0.1) is 5.92 Å². The van der Waals surface area contributed by atoms with E-state index in [1.807, 2.05) is 43.3 Å². The van der Waals surface area contributed by atoms with E-state index in [9.17, 15) is 4.79 Å². The molecule has 0 unspecified atom stereocenters. The summed E-state index contributed by atoms with van der Waals surface area (Å²) in [7, 11) is 0. The van der Waals surface area contributed by atoms with E-state index in [4.69, 9.17) is 9.26 Å². The van der Waals surface area contributed by atoms with Crippen LogP contribution in [0.15, 0.2) is 59.4 Å². The van der Waals surface area contributed by atoms with Crippen LogP contribution in [0, 0.1) is 0 Å². The lowest BCUT2D eigenvalue weighted by molar-refractivity contribution is -0.147. The first-order chi connectivity index (χ1) is 11.8. The summed E-state index contributed by atoms with van der Waals surface area (Å²) in [5, 5.41) is 3.87. The molecule has 0 N–H and O–H groups in total. The lowest BCUT2D eigenvalue weighted by atomic mass is 9.97. The molecule has 6 heteroatoms. The van der Waals surface area contributed by atoms with Crippen molar-refractivity contribution in [3.05, 3.63) is 66.3 Å². The van der Waals surface area contributed by atoms with E-state index in [1.165, 1.54) is 0 Å². The van der Waals surface area contributed by atoms with Gasteiger partial charge in [0.1, 0.15) is 0 Å². The zero-order valence-electron chi connectivity index (χ0n) is 13.3. The van der Waals surface area contributed by atoms with Gasteiger partial charge in [0.25, 0.3) is 5.89 Å². The lowest BCUT2D eigenvalue weighted by Gasteiger charge is -2.13. The highest BCUT2D eigenvalue weighted by Gasteiger charge is 2.21. The van der Waals surface area contributed by atoms with E-state index < -0.39 is 0 Å². The van der Waals surface area contributed by atoms with Gasteiger partial charge in [-0.2, -0.15) is 4.98 Å². The summed E-state index contributed by atoms with van der Waals surface area (Å²) in [6, 6.07) is 13.2. The monoisotopic (exact) mass is 323 g/mol. The number of carbonyl (C=O) groups excluding carboxylic acids is 1. The normalized spacial score (nSPS) is 11.9. The van der Waals surface area contributed by atoms with Crippen molar-refractivity contribution in [1.82, 2.24) is 15.1 Å². The summed E-state index contributed by atoms with van der Waals surface area (Å²) in [5.41, 5.74) is 1.68. The summed E-state index contributed by atoms with van der Waals surface area (Å²) in [6.45, 7) is 1.90. The number of rotatable bonds is 6. The highest BCUT2D eigenvalue weighted by atomic mass is 16.6. The molecule has 0 aliphatic rings. The molecule has 122 valence electrons. The molecule has 0 amide bonds. The van der Waals surface area contributed by atoms with E-state index in [0.29, 0.717) is 12.2 Å². The first-order valence-corrected chi connectivity index (χ1v) is 7.72. The Bertz CT molecular complexity index is 788. The lowest BCUT2D eigenvalue weighted by Crippen LogP contribution is -2.15. The van der Waals surface area contributed by atoms with E-state index >= 15 is 0 Å². The van der Waals surface area contributed by atoms with Crippen LogP contribution in [0.2, 0.25) is 0 Å². The predicted octanol–water partition coefficient (Wildman–Crippen LogP) is 3.37. The van der Waals surface area contributed by atoms with Gasteiger partial charge in [0.2, 0.25) is 5.82 Å². The average Bonchev–Trinajstić information content (AvgIpc) is 3.11. The van der Waals surface area contributed by atoms with Crippen LogP contribution in [0.4, 0.5) is 0 Å². The Labute approximate surface area is 139 Å². The fourth-order valence-corrected chi connectivity index (χ4v) is 2.38. The second kappa shape index (κ2) is 7.50. The summed E-state index contributed by atoms with van der Waals surface area (Å²) < 4.78 is 10.5. The Morgan fingerprint density at radius 1 is 1.21 bits per heavy atom. The van der Waals surface area contributed by atoms with E-state index in [1.54, 1.807) is 18.5 Å². The van der Waals surface area contributed by atoms with Gasteiger partial charge in [-0.05, 0) is 24.1 Å². The molecule has 0 bridgehead atoms. The third kappa shape index (κ3) is 3.65. The molecular weight excluding hydrogens is 306 g/mol. The molecule has 1 aromatic carbocycles. The number of nitrogens with zero attached hydrogens (tertiary/aromatic N) is 3. The maximum Gasteiger partial charge on any atom is 0.313 e. The Kier molecular flexibility index (Phi) is 4.96. The number of pyridine rings is 1. The van der Waals surface area contributed by atoms with Crippen molar-refractivity contribution in [2.45, 2.75) is 25.9 Å². The minimum absolute atomic E-state index is 0.0462. The van der Waals surface area contributed by atoms with Gasteiger partial charge in [-0.3, -0.25) is 9.78 Å². The van der Waals surface area contributed by atoms with Gasteiger partial charge < -0.3 is 9.26 Å². The molecule has 3 rings (SSSR count). The quantitative estimate of drug-likeness (QED) is 0.647. The summed E-state index contributed by atoms with van der Waals surface area (Å²) in [6.07, 6.45) is 3.97. The Hall–Kier alpha value is -3.02. The first-order valence-electron chi connectivity index (χ1n) is 7.72. The minimum Gasteiger partial charge on any atom is -0.455 e. The molecular formula is C18H17N3O3. The molecule has 0 saturated carbocycles. The maximum absolute atomic E-state index is 12.3. The van der Waals surface area contributed by atoms with Crippen LogP contribution in [-0.4, -0.2) is 21.1 Å². The van der Waals surface area contributed by atoms with Crippen molar-refractivity contribution in [2.75, 3.05) is 0 Å². The Morgan fingerprint density at radius 3 is 2.75 bits per heavy atom. The number of hydrogen-bond acceptors (Lipinski definition) is 6. The molecule has 0 saturated heterocycles. The second-order valence-corrected chi connectivity index (χ2v) is 5.23. The van der Waals surface area contributed by atoms with Crippen LogP contribution in [0.1, 0.15) is 30.7 Å². The van der Waals surface area contributed by atoms with Gasteiger partial charge >= 0.3 is 5.97 Å². The fraction of sp³-hybridized carbons (Fsp3) is 0.222. The number of esters is 1. The second-order valence-electron chi connectivity index (χ2n) is 5.23. The number of benzene rings is 1. The van der Waals surface area contributed by atoms with Gasteiger partial charge in [0.15, 0.2) is 6.61 Å². The van der Waals surface area contributed by atoms with Crippen molar-refractivity contribution in [3.63, 3.8) is 0 Å². The predicted molar refractivity (Wildman–Crippen MR) is 86.8 cm³/mol. The van der Waals surface area contributed by atoms with E-state index in [0.717, 1.165) is 11.1 Å². The van der Waals surface area contributed by atoms with Crippen LogP contribution in [0.25, 0.3) is 11.4 Å². The molecule has 1 atom stereocenters. The molecule has 0 radical (unpaired) electrons. The molecule has 24 heavy (non-hydrogen) atoms. The Balaban J connectivity index is 1.63. The molecule has 3 aromatic rings. The topological polar surface area (TPSA) is 78.1 Å². The van der Waals surface area contributed by atoms with Crippen molar-refractivity contribution < 1.29 is 14.1 Å². The highest BCUT2D eigenvalue weighted by Crippen LogP contribution is 2.21. The van der Waals surface area contributed by atoms with Crippen molar-refractivity contribution in [1.29, 1.82) is 0 Å². The van der Waals surface area contributed by atoms with Crippen molar-refractivity contribution in [2.24, 2.45) is 0 Å². The number of hydrogen-bond donors (Lipinski definition) is 0. The van der Waals surface area contributed by atoms with Crippen LogP contribution in [0.5, 0.6) is 0 Å². The standard InChI is InChI=1S/C18H17N3O3/c1-2-15(13-7-4-3-5-8-13)18(22)23-12-16-20-17(21-24-16)14-9-6-10-19-11-14/h3-11,15H,2,12H2,1H3/t15-/m1/s1. The van der Waals surface area contributed by atoms with Crippen molar-refractivity contribution in [3.8, 4) is 11.4 Å². The molecule has 0 aliphatic heterocycles. The first kappa shape index (κ1) is 15.9. The SMILES string of the molecule is CC[C@@H](C(=O)OCc1nc(-c2cccnc2)no1)c1ccccc1. The molecule has 6 nitrogen and oxygen atoms in total. The van der Waals surface area contributed by atoms with E-state index in [-0.39, 0.29) is 24.4 Å². The van der Waals surface area contributed by atoms with Crippen LogP contribution >= 0.6 is 0 Å². The van der Waals surface area contributed by atoms with Gasteiger partial charge in [-0.25, -0.2) is 0 Å². The van der Waals surface area contributed by atoms with E-state index in [2.05, 4.69) is 15.1 Å². The number of aromatic nitrogens is 3. The summed E-state index contributed by atoms with van der Waals surface area (Å²) in [5.74, 6) is 0.0751. The number of carbonyl (C=O) groups is 1. The molecule has 2 heterocycles. The van der Waals surface area contributed by atoms with Crippen LogP contribution in [-0.2, 0) is 16.1 Å². The third-order valence-corrected chi connectivity index (χ3v) is 3.62. The molecule has 0 fully saturated rings. The summed E-state index contributed by atoms with van der Waals surface area (Å²) in [4.78, 5) is 20.5. The highest BCUT2D eigenvalue weighted by molar-refractivity contribution is 5.78. The van der Waals surface area contributed by atoms with Crippen molar-refractivity contribution >= 4 is 5.97 Å². The van der Waals surface area contributed by atoms with Crippen LogP contribution in [0.3, 0.4) is 0 Å². The maximum atomic E-state index is 12.3. The minimum atomic E-state index is -0.301. The van der Waals surface area contributed by atoms with Gasteiger partial charge in [0, 0.05) is 18.0 Å². The van der Waals surface area contributed by atoms with Crippen LogP contribution < -0.4 is 0 Å². The summed E-state index contributed by atoms with van der Waals surface area (Å²) >= 11 is 0. The largest absolute Gasteiger partial charge is 0.455 e. The molecule has 0 spiro atoms. The number of ether oxygens (including phenoxy) is 1. The fourth-order valence-electron chi connectivity index (χ4n) is 2.38. The average molecular weight is 323 g/mol. The third-order valence-electron chi connectivity index (χ3n) is 3.62. The Morgan fingerprint density at radius 2 is 2.04 bits per heavy atom. The van der Waals surface area contributed by atoms with Gasteiger partial charge in [-0.1, -0.05) is 42.4 Å². The zero-order chi connectivity index (χ0) is 16.8.